The van der Waals surface area contributed by atoms with Gasteiger partial charge in [0.25, 0.3) is 0 Å². The Labute approximate surface area is 131 Å². The lowest BCUT2D eigenvalue weighted by atomic mass is 10.1. The lowest BCUT2D eigenvalue weighted by molar-refractivity contribution is 0.415. The molecule has 2 heterocycles. The number of anilines is 1. The van der Waals surface area contributed by atoms with Gasteiger partial charge in [0.15, 0.2) is 5.82 Å². The topological polar surface area (TPSA) is 50.3 Å². The minimum Gasteiger partial charge on any atom is -0.497 e. The zero-order chi connectivity index (χ0) is 15.5. The average Bonchev–Trinajstić information content (AvgIpc) is 2.58. The molecule has 1 N–H and O–H groups in total. The SMILES string of the molecule is COc1ccc(-c2nc(C)c(C)c(N3CCNCC3)n2)cc1. The highest BCUT2D eigenvalue weighted by atomic mass is 16.5. The van der Waals surface area contributed by atoms with Gasteiger partial charge < -0.3 is 15.0 Å². The van der Waals surface area contributed by atoms with Gasteiger partial charge in [0.05, 0.1) is 7.11 Å². The second-order valence-electron chi connectivity index (χ2n) is 5.55. The maximum absolute atomic E-state index is 5.21. The molecule has 22 heavy (non-hydrogen) atoms. The number of benzene rings is 1. The van der Waals surface area contributed by atoms with Crippen molar-refractivity contribution in [2.24, 2.45) is 0 Å². The number of aromatic nitrogens is 2. The standard InChI is InChI=1S/C17H22N4O/c1-12-13(2)19-16(14-4-6-15(22-3)7-5-14)20-17(12)21-10-8-18-9-11-21/h4-7,18H,8-11H2,1-3H3. The number of aryl methyl sites for hydroxylation is 1. The van der Waals surface area contributed by atoms with Gasteiger partial charge in [-0.15, -0.1) is 0 Å². The first-order chi connectivity index (χ1) is 10.7. The number of methoxy groups -OCH3 is 1. The number of nitrogens with zero attached hydrogens (tertiary/aromatic N) is 3. The third kappa shape index (κ3) is 2.90. The predicted octanol–water partition coefficient (Wildman–Crippen LogP) is 2.18. The van der Waals surface area contributed by atoms with Gasteiger partial charge in [-0.2, -0.15) is 0 Å². The Morgan fingerprint density at radius 3 is 2.36 bits per heavy atom. The second-order valence-corrected chi connectivity index (χ2v) is 5.55. The molecule has 1 aliphatic rings. The van der Waals surface area contributed by atoms with Crippen molar-refractivity contribution < 1.29 is 4.74 Å². The molecule has 2 aromatic rings. The quantitative estimate of drug-likeness (QED) is 0.941. The van der Waals surface area contributed by atoms with E-state index in [0.29, 0.717) is 0 Å². The van der Waals surface area contributed by atoms with Crippen molar-refractivity contribution >= 4 is 5.82 Å². The molecule has 1 aliphatic heterocycles. The lowest BCUT2D eigenvalue weighted by Crippen LogP contribution is -2.44. The summed E-state index contributed by atoms with van der Waals surface area (Å²) in [5.74, 6) is 2.68. The zero-order valence-electron chi connectivity index (χ0n) is 13.4. The van der Waals surface area contributed by atoms with Crippen molar-refractivity contribution in [2.45, 2.75) is 13.8 Å². The molecule has 0 saturated carbocycles. The van der Waals surface area contributed by atoms with Crippen molar-refractivity contribution in [3.63, 3.8) is 0 Å². The first kappa shape index (κ1) is 14.8. The molecule has 1 aromatic carbocycles. The Hall–Kier alpha value is -2.14. The van der Waals surface area contributed by atoms with Crippen molar-refractivity contribution in [1.29, 1.82) is 0 Å². The smallest absolute Gasteiger partial charge is 0.161 e. The average molecular weight is 298 g/mol. The van der Waals surface area contributed by atoms with Crippen molar-refractivity contribution in [1.82, 2.24) is 15.3 Å². The first-order valence-electron chi connectivity index (χ1n) is 7.64. The summed E-state index contributed by atoms with van der Waals surface area (Å²) in [6.45, 7) is 8.12. The Morgan fingerprint density at radius 2 is 1.73 bits per heavy atom. The Bertz CT molecular complexity index is 648. The summed E-state index contributed by atoms with van der Waals surface area (Å²) in [4.78, 5) is 11.8. The summed E-state index contributed by atoms with van der Waals surface area (Å²) >= 11 is 0. The molecule has 0 radical (unpaired) electrons. The maximum atomic E-state index is 5.21. The van der Waals surface area contributed by atoms with Gasteiger partial charge in [-0.05, 0) is 38.1 Å². The highest BCUT2D eigenvalue weighted by molar-refractivity contribution is 5.61. The highest BCUT2D eigenvalue weighted by Gasteiger charge is 2.17. The van der Waals surface area contributed by atoms with Crippen LogP contribution in [0, 0.1) is 13.8 Å². The molecular weight excluding hydrogens is 276 g/mol. The molecular formula is C17H22N4O. The summed E-state index contributed by atoms with van der Waals surface area (Å²) in [5.41, 5.74) is 3.22. The van der Waals surface area contributed by atoms with Crippen LogP contribution in [-0.2, 0) is 0 Å². The van der Waals surface area contributed by atoms with Crippen molar-refractivity contribution in [3.05, 3.63) is 35.5 Å². The molecule has 0 aliphatic carbocycles. The molecule has 0 atom stereocenters. The summed E-state index contributed by atoms with van der Waals surface area (Å²) < 4.78 is 5.21. The van der Waals surface area contributed by atoms with Crippen LogP contribution < -0.4 is 15.0 Å². The van der Waals surface area contributed by atoms with E-state index in [9.17, 15) is 0 Å². The molecule has 0 bridgehead atoms. The first-order valence-corrected chi connectivity index (χ1v) is 7.64. The van der Waals surface area contributed by atoms with Gasteiger partial charge in [-0.3, -0.25) is 0 Å². The summed E-state index contributed by atoms with van der Waals surface area (Å²) in [6, 6.07) is 7.89. The van der Waals surface area contributed by atoms with Gasteiger partial charge >= 0.3 is 0 Å². The van der Waals surface area contributed by atoms with Crippen LogP contribution >= 0.6 is 0 Å². The van der Waals surface area contributed by atoms with E-state index >= 15 is 0 Å². The van der Waals surface area contributed by atoms with E-state index in [1.807, 2.05) is 24.3 Å². The fourth-order valence-corrected chi connectivity index (χ4v) is 2.67. The minimum atomic E-state index is 0.777. The van der Waals surface area contributed by atoms with E-state index in [1.165, 1.54) is 5.56 Å². The van der Waals surface area contributed by atoms with Gasteiger partial charge in [0.2, 0.25) is 0 Å². The number of hydrogen-bond donors (Lipinski definition) is 1. The predicted molar refractivity (Wildman–Crippen MR) is 88.6 cm³/mol. The highest BCUT2D eigenvalue weighted by Crippen LogP contribution is 2.25. The Kier molecular flexibility index (Phi) is 4.24. The van der Waals surface area contributed by atoms with Crippen LogP contribution in [0.3, 0.4) is 0 Å². The normalized spacial score (nSPS) is 15.0. The number of ether oxygens (including phenoxy) is 1. The second kappa shape index (κ2) is 6.32. The van der Waals surface area contributed by atoms with Crippen LogP contribution in [0.1, 0.15) is 11.3 Å². The third-order valence-electron chi connectivity index (χ3n) is 4.13. The summed E-state index contributed by atoms with van der Waals surface area (Å²) in [7, 11) is 1.67. The summed E-state index contributed by atoms with van der Waals surface area (Å²) in [5, 5.41) is 3.38. The number of nitrogens with one attached hydrogen (secondary N) is 1. The van der Waals surface area contributed by atoms with Gasteiger partial charge in [0.1, 0.15) is 11.6 Å². The molecule has 5 heteroatoms. The number of rotatable bonds is 3. The van der Waals surface area contributed by atoms with Crippen LogP contribution in [0.4, 0.5) is 5.82 Å². The number of piperazine rings is 1. The lowest BCUT2D eigenvalue weighted by Gasteiger charge is -2.30. The largest absolute Gasteiger partial charge is 0.497 e. The van der Waals surface area contributed by atoms with Crippen LogP contribution in [0.5, 0.6) is 5.75 Å². The zero-order valence-corrected chi connectivity index (χ0v) is 13.4. The van der Waals surface area contributed by atoms with Gasteiger partial charge in [0, 0.05) is 43.0 Å². The Balaban J connectivity index is 1.99. The summed E-state index contributed by atoms with van der Waals surface area (Å²) in [6.07, 6.45) is 0. The maximum Gasteiger partial charge on any atom is 0.161 e. The molecule has 116 valence electrons. The van der Waals surface area contributed by atoms with Crippen LogP contribution in [-0.4, -0.2) is 43.3 Å². The molecule has 1 saturated heterocycles. The molecule has 0 spiro atoms. The number of hydrogen-bond acceptors (Lipinski definition) is 5. The van der Waals surface area contributed by atoms with Crippen molar-refractivity contribution in [2.75, 3.05) is 38.2 Å². The molecule has 1 fully saturated rings. The Morgan fingerprint density at radius 1 is 1.05 bits per heavy atom. The van der Waals surface area contributed by atoms with E-state index in [1.54, 1.807) is 7.11 Å². The van der Waals surface area contributed by atoms with Gasteiger partial charge in [-0.25, -0.2) is 9.97 Å². The fourth-order valence-electron chi connectivity index (χ4n) is 2.67. The van der Waals surface area contributed by atoms with Crippen molar-refractivity contribution in [3.8, 4) is 17.1 Å². The minimum absolute atomic E-state index is 0.777. The van der Waals surface area contributed by atoms with Crippen LogP contribution in [0.25, 0.3) is 11.4 Å². The van der Waals surface area contributed by atoms with Crippen LogP contribution in [0.15, 0.2) is 24.3 Å². The molecule has 3 rings (SSSR count). The molecule has 0 unspecified atom stereocenters. The van der Waals surface area contributed by atoms with E-state index in [0.717, 1.165) is 54.8 Å². The molecule has 1 aromatic heterocycles. The fraction of sp³-hybridized carbons (Fsp3) is 0.412. The van der Waals surface area contributed by atoms with Crippen LogP contribution in [0.2, 0.25) is 0 Å². The molecule has 0 amide bonds. The van der Waals surface area contributed by atoms with E-state index in [-0.39, 0.29) is 0 Å². The van der Waals surface area contributed by atoms with Gasteiger partial charge in [-0.1, -0.05) is 0 Å². The van der Waals surface area contributed by atoms with E-state index in [2.05, 4.69) is 29.0 Å². The third-order valence-corrected chi connectivity index (χ3v) is 4.13. The monoisotopic (exact) mass is 298 g/mol. The molecule has 5 nitrogen and oxygen atoms in total. The van der Waals surface area contributed by atoms with E-state index < -0.39 is 0 Å². The van der Waals surface area contributed by atoms with E-state index in [4.69, 9.17) is 9.72 Å².